The molecular formula is C15H23N3O2. The normalized spacial score (nSPS) is 13.1. The van der Waals surface area contributed by atoms with Gasteiger partial charge in [-0.1, -0.05) is 35.0 Å². The summed E-state index contributed by atoms with van der Waals surface area (Å²) in [6.07, 6.45) is 1.55. The third-order valence-corrected chi connectivity index (χ3v) is 3.40. The lowest BCUT2D eigenvalue weighted by Gasteiger charge is -2.24. The van der Waals surface area contributed by atoms with Crippen LogP contribution in [-0.4, -0.2) is 34.9 Å². The first kappa shape index (κ1) is 16.0. The summed E-state index contributed by atoms with van der Waals surface area (Å²) in [5.41, 5.74) is 7.82. The Morgan fingerprint density at radius 1 is 1.50 bits per heavy atom. The molecule has 1 aromatic carbocycles. The van der Waals surface area contributed by atoms with Crippen LogP contribution in [0.15, 0.2) is 29.4 Å². The Bertz CT molecular complexity index is 486. The molecule has 0 saturated carbocycles. The fourth-order valence-corrected chi connectivity index (χ4v) is 2.02. The molecule has 1 rings (SSSR count). The average molecular weight is 277 g/mol. The number of rotatable bonds is 6. The lowest BCUT2D eigenvalue weighted by molar-refractivity contribution is -0.131. The summed E-state index contributed by atoms with van der Waals surface area (Å²) in [7, 11) is 1.74. The van der Waals surface area contributed by atoms with Gasteiger partial charge in [-0.25, -0.2) is 0 Å². The number of hydrogen-bond donors (Lipinski definition) is 2. The number of nitrogens with zero attached hydrogens (tertiary/aromatic N) is 2. The van der Waals surface area contributed by atoms with Crippen LogP contribution < -0.4 is 5.73 Å². The Balaban J connectivity index is 2.49. The SMILES string of the molecule is Cc1cccc(CCC(=O)N(C)C(C)CC(N)=NO)c1. The molecule has 0 aromatic heterocycles. The summed E-state index contributed by atoms with van der Waals surface area (Å²) in [4.78, 5) is 13.7. The predicted molar refractivity (Wildman–Crippen MR) is 79.8 cm³/mol. The van der Waals surface area contributed by atoms with Gasteiger partial charge < -0.3 is 15.8 Å². The molecule has 0 saturated heterocycles. The Morgan fingerprint density at radius 3 is 2.80 bits per heavy atom. The molecule has 0 radical (unpaired) electrons. The summed E-state index contributed by atoms with van der Waals surface area (Å²) in [6, 6.07) is 8.07. The molecule has 3 N–H and O–H groups in total. The molecule has 0 aliphatic heterocycles. The molecule has 0 aliphatic carbocycles. The fraction of sp³-hybridized carbons (Fsp3) is 0.467. The van der Waals surface area contributed by atoms with Gasteiger partial charge in [0.25, 0.3) is 0 Å². The molecule has 0 heterocycles. The topological polar surface area (TPSA) is 78.9 Å². The van der Waals surface area contributed by atoms with E-state index in [0.717, 1.165) is 12.0 Å². The van der Waals surface area contributed by atoms with Gasteiger partial charge in [0.05, 0.1) is 0 Å². The maximum atomic E-state index is 12.1. The van der Waals surface area contributed by atoms with E-state index in [4.69, 9.17) is 10.9 Å². The first-order valence-electron chi connectivity index (χ1n) is 6.71. The smallest absolute Gasteiger partial charge is 0.222 e. The van der Waals surface area contributed by atoms with E-state index in [1.54, 1.807) is 11.9 Å². The maximum Gasteiger partial charge on any atom is 0.222 e. The third kappa shape index (κ3) is 4.91. The van der Waals surface area contributed by atoms with E-state index in [9.17, 15) is 4.79 Å². The Morgan fingerprint density at radius 2 is 2.20 bits per heavy atom. The van der Waals surface area contributed by atoms with Crippen molar-refractivity contribution in [2.45, 2.75) is 39.2 Å². The van der Waals surface area contributed by atoms with Crippen LogP contribution in [-0.2, 0) is 11.2 Å². The van der Waals surface area contributed by atoms with Gasteiger partial charge in [-0.3, -0.25) is 4.79 Å². The minimum absolute atomic E-state index is 0.0599. The molecule has 0 aliphatic rings. The quantitative estimate of drug-likeness (QED) is 0.361. The summed E-state index contributed by atoms with van der Waals surface area (Å²) in [6.45, 7) is 3.92. The minimum atomic E-state index is -0.0871. The lowest BCUT2D eigenvalue weighted by Crippen LogP contribution is -2.37. The predicted octanol–water partition coefficient (Wildman–Crippen LogP) is 1.91. The van der Waals surface area contributed by atoms with Crippen molar-refractivity contribution in [3.63, 3.8) is 0 Å². The largest absolute Gasteiger partial charge is 0.409 e. The van der Waals surface area contributed by atoms with Gasteiger partial charge in [-0.15, -0.1) is 0 Å². The molecule has 0 fully saturated rings. The highest BCUT2D eigenvalue weighted by molar-refractivity contribution is 5.82. The van der Waals surface area contributed by atoms with Crippen LogP contribution in [0.1, 0.15) is 30.9 Å². The first-order valence-corrected chi connectivity index (χ1v) is 6.71. The van der Waals surface area contributed by atoms with Crippen molar-refractivity contribution in [3.05, 3.63) is 35.4 Å². The molecule has 20 heavy (non-hydrogen) atoms. The second-order valence-corrected chi connectivity index (χ2v) is 5.14. The minimum Gasteiger partial charge on any atom is -0.409 e. The van der Waals surface area contributed by atoms with E-state index in [1.165, 1.54) is 5.56 Å². The average Bonchev–Trinajstić information content (AvgIpc) is 2.43. The van der Waals surface area contributed by atoms with Gasteiger partial charge in [0.15, 0.2) is 0 Å². The number of benzene rings is 1. The van der Waals surface area contributed by atoms with Gasteiger partial charge >= 0.3 is 0 Å². The standard InChI is InChI=1S/C15H23N3O2/c1-11-5-4-6-13(9-11)7-8-15(19)18(3)12(2)10-14(16)17-20/h4-6,9,12,20H,7-8,10H2,1-3H3,(H2,16,17). The highest BCUT2D eigenvalue weighted by atomic mass is 16.4. The zero-order valence-electron chi connectivity index (χ0n) is 12.3. The Kier molecular flexibility index (Phi) is 6.03. The molecule has 1 amide bonds. The van der Waals surface area contributed by atoms with E-state index < -0.39 is 0 Å². The zero-order chi connectivity index (χ0) is 15.1. The third-order valence-electron chi connectivity index (χ3n) is 3.40. The first-order chi connectivity index (χ1) is 9.43. The number of oxime groups is 1. The van der Waals surface area contributed by atoms with Gasteiger partial charge in [-0.05, 0) is 25.8 Å². The molecule has 5 heteroatoms. The highest BCUT2D eigenvalue weighted by Gasteiger charge is 2.16. The second kappa shape index (κ2) is 7.53. The van der Waals surface area contributed by atoms with Crippen molar-refractivity contribution in [1.82, 2.24) is 4.90 Å². The van der Waals surface area contributed by atoms with Crippen molar-refractivity contribution >= 4 is 11.7 Å². The number of carbonyl (C=O) groups excluding carboxylic acids is 1. The second-order valence-electron chi connectivity index (χ2n) is 5.14. The number of amides is 1. The van der Waals surface area contributed by atoms with Gasteiger partial charge in [0, 0.05) is 25.9 Å². The molecular weight excluding hydrogens is 254 g/mol. The van der Waals surface area contributed by atoms with Crippen molar-refractivity contribution < 1.29 is 10.0 Å². The molecule has 1 unspecified atom stereocenters. The molecule has 5 nitrogen and oxygen atoms in total. The Hall–Kier alpha value is -2.04. The summed E-state index contributed by atoms with van der Waals surface area (Å²) < 4.78 is 0. The van der Waals surface area contributed by atoms with Gasteiger partial charge in [0.1, 0.15) is 5.84 Å². The molecule has 1 aromatic rings. The summed E-state index contributed by atoms with van der Waals surface area (Å²) in [5, 5.41) is 11.5. The summed E-state index contributed by atoms with van der Waals surface area (Å²) in [5.74, 6) is 0.195. The van der Waals surface area contributed by atoms with Crippen LogP contribution in [0.5, 0.6) is 0 Å². The highest BCUT2D eigenvalue weighted by Crippen LogP contribution is 2.09. The number of hydrogen-bond acceptors (Lipinski definition) is 3. The van der Waals surface area contributed by atoms with Crippen LogP contribution >= 0.6 is 0 Å². The number of carbonyl (C=O) groups is 1. The van der Waals surface area contributed by atoms with Crippen LogP contribution in [0.25, 0.3) is 0 Å². The monoisotopic (exact) mass is 277 g/mol. The van der Waals surface area contributed by atoms with Crippen LogP contribution in [0.4, 0.5) is 0 Å². The van der Waals surface area contributed by atoms with E-state index in [-0.39, 0.29) is 17.8 Å². The van der Waals surface area contributed by atoms with Crippen LogP contribution in [0, 0.1) is 6.92 Å². The zero-order valence-corrected chi connectivity index (χ0v) is 12.3. The van der Waals surface area contributed by atoms with Crippen molar-refractivity contribution in [2.75, 3.05) is 7.05 Å². The van der Waals surface area contributed by atoms with E-state index in [0.29, 0.717) is 12.8 Å². The maximum absolute atomic E-state index is 12.1. The number of aryl methyl sites for hydroxylation is 2. The molecule has 1 atom stereocenters. The Labute approximate surface area is 120 Å². The summed E-state index contributed by atoms with van der Waals surface area (Å²) >= 11 is 0. The molecule has 110 valence electrons. The van der Waals surface area contributed by atoms with Crippen molar-refractivity contribution in [2.24, 2.45) is 10.9 Å². The number of amidine groups is 1. The van der Waals surface area contributed by atoms with E-state index in [2.05, 4.69) is 11.2 Å². The van der Waals surface area contributed by atoms with Crippen molar-refractivity contribution in [1.29, 1.82) is 0 Å². The van der Waals surface area contributed by atoms with Gasteiger partial charge in [-0.2, -0.15) is 0 Å². The lowest BCUT2D eigenvalue weighted by atomic mass is 10.1. The number of nitrogens with two attached hydrogens (primary N) is 1. The van der Waals surface area contributed by atoms with Crippen molar-refractivity contribution in [3.8, 4) is 0 Å². The molecule has 0 bridgehead atoms. The molecule has 0 spiro atoms. The van der Waals surface area contributed by atoms with E-state index in [1.807, 2.05) is 32.0 Å². The fourth-order valence-electron chi connectivity index (χ4n) is 2.02. The van der Waals surface area contributed by atoms with Gasteiger partial charge in [0.2, 0.25) is 5.91 Å². The van der Waals surface area contributed by atoms with E-state index >= 15 is 0 Å². The van der Waals surface area contributed by atoms with Crippen LogP contribution in [0.3, 0.4) is 0 Å². The van der Waals surface area contributed by atoms with Crippen LogP contribution in [0.2, 0.25) is 0 Å².